The second-order valence-electron chi connectivity index (χ2n) is 4.76. The Balaban J connectivity index is 2.46. The molecule has 0 amide bonds. The second-order valence-corrected chi connectivity index (χ2v) is 4.76. The Hall–Kier alpha value is -1.22. The number of aliphatic hydroxyl groups excluding tert-OH is 1. The number of para-hydroxylation sites is 1. The summed E-state index contributed by atoms with van der Waals surface area (Å²) in [6.45, 7) is 7.68. The average molecular weight is 220 g/mol. The molecule has 0 aromatic heterocycles. The maximum absolute atomic E-state index is 9.35. The van der Waals surface area contributed by atoms with Crippen LogP contribution < -0.4 is 10.2 Å². The Bertz CT molecular complexity index is 376. The molecule has 1 aromatic carbocycles. The van der Waals surface area contributed by atoms with Crippen molar-refractivity contribution in [3.8, 4) is 0 Å². The first-order valence-corrected chi connectivity index (χ1v) is 5.89. The van der Waals surface area contributed by atoms with Gasteiger partial charge in [0, 0.05) is 24.2 Å². The van der Waals surface area contributed by atoms with Gasteiger partial charge in [-0.2, -0.15) is 0 Å². The standard InChI is InChI=1S/C13H20N2O/c1-9(2)15-7-10(3)14-13-11(8-16)5-4-6-12(13)15/h4-6,9-10,14,16H,7-8H2,1-3H3. The second kappa shape index (κ2) is 4.34. The van der Waals surface area contributed by atoms with Crippen molar-refractivity contribution in [3.63, 3.8) is 0 Å². The van der Waals surface area contributed by atoms with Crippen molar-refractivity contribution in [1.82, 2.24) is 0 Å². The summed E-state index contributed by atoms with van der Waals surface area (Å²) in [5.41, 5.74) is 3.28. The molecule has 2 N–H and O–H groups in total. The van der Waals surface area contributed by atoms with Crippen molar-refractivity contribution in [2.45, 2.75) is 39.5 Å². The molecule has 3 heteroatoms. The quantitative estimate of drug-likeness (QED) is 0.802. The zero-order chi connectivity index (χ0) is 11.7. The average Bonchev–Trinajstić information content (AvgIpc) is 2.27. The van der Waals surface area contributed by atoms with E-state index in [1.165, 1.54) is 5.69 Å². The predicted molar refractivity (Wildman–Crippen MR) is 67.9 cm³/mol. The molecule has 0 saturated heterocycles. The Kier molecular flexibility index (Phi) is 3.06. The maximum Gasteiger partial charge on any atom is 0.0702 e. The van der Waals surface area contributed by atoms with Crippen LogP contribution in [-0.4, -0.2) is 23.7 Å². The topological polar surface area (TPSA) is 35.5 Å². The summed E-state index contributed by atoms with van der Waals surface area (Å²) in [5, 5.41) is 12.8. The summed E-state index contributed by atoms with van der Waals surface area (Å²) < 4.78 is 0. The highest BCUT2D eigenvalue weighted by atomic mass is 16.3. The van der Waals surface area contributed by atoms with E-state index in [4.69, 9.17) is 0 Å². The lowest BCUT2D eigenvalue weighted by atomic mass is 10.0. The largest absolute Gasteiger partial charge is 0.392 e. The molecule has 1 atom stereocenters. The minimum Gasteiger partial charge on any atom is -0.392 e. The van der Waals surface area contributed by atoms with Crippen molar-refractivity contribution >= 4 is 11.4 Å². The fourth-order valence-electron chi connectivity index (χ4n) is 2.30. The van der Waals surface area contributed by atoms with E-state index in [-0.39, 0.29) is 6.61 Å². The summed E-state index contributed by atoms with van der Waals surface area (Å²) in [6.07, 6.45) is 0. The van der Waals surface area contributed by atoms with Gasteiger partial charge in [0.25, 0.3) is 0 Å². The number of hydrogen-bond donors (Lipinski definition) is 2. The van der Waals surface area contributed by atoms with Crippen LogP contribution in [0.1, 0.15) is 26.3 Å². The molecule has 1 aliphatic heterocycles. The number of nitrogens with one attached hydrogen (secondary N) is 1. The molecule has 0 fully saturated rings. The number of benzene rings is 1. The maximum atomic E-state index is 9.35. The molecule has 16 heavy (non-hydrogen) atoms. The molecule has 1 unspecified atom stereocenters. The number of nitrogens with zero attached hydrogens (tertiary/aromatic N) is 1. The number of hydrogen-bond acceptors (Lipinski definition) is 3. The third-order valence-corrected chi connectivity index (χ3v) is 3.09. The Morgan fingerprint density at radius 3 is 2.88 bits per heavy atom. The van der Waals surface area contributed by atoms with Crippen molar-refractivity contribution in [3.05, 3.63) is 23.8 Å². The van der Waals surface area contributed by atoms with E-state index in [1.807, 2.05) is 12.1 Å². The molecule has 3 nitrogen and oxygen atoms in total. The van der Waals surface area contributed by atoms with Crippen LogP contribution in [0.3, 0.4) is 0 Å². The molecule has 0 radical (unpaired) electrons. The minimum atomic E-state index is 0.0921. The first-order valence-electron chi connectivity index (χ1n) is 5.89. The van der Waals surface area contributed by atoms with Crippen molar-refractivity contribution in [2.75, 3.05) is 16.8 Å². The molecule has 0 aliphatic carbocycles. The smallest absolute Gasteiger partial charge is 0.0702 e. The lowest BCUT2D eigenvalue weighted by molar-refractivity contribution is 0.282. The molecular formula is C13H20N2O. The van der Waals surface area contributed by atoms with Gasteiger partial charge in [0.15, 0.2) is 0 Å². The van der Waals surface area contributed by atoms with Crippen LogP contribution in [-0.2, 0) is 6.61 Å². The molecule has 2 rings (SSSR count). The van der Waals surface area contributed by atoms with E-state index >= 15 is 0 Å². The lowest BCUT2D eigenvalue weighted by Gasteiger charge is -2.39. The monoisotopic (exact) mass is 220 g/mol. The summed E-state index contributed by atoms with van der Waals surface area (Å²) in [6, 6.07) is 7.01. The molecule has 0 bridgehead atoms. The van der Waals surface area contributed by atoms with Crippen LogP contribution in [0.15, 0.2) is 18.2 Å². The van der Waals surface area contributed by atoms with Gasteiger partial charge in [0.05, 0.1) is 18.0 Å². The van der Waals surface area contributed by atoms with Crippen molar-refractivity contribution in [2.24, 2.45) is 0 Å². The van der Waals surface area contributed by atoms with Crippen LogP contribution in [0.4, 0.5) is 11.4 Å². The van der Waals surface area contributed by atoms with Crippen molar-refractivity contribution < 1.29 is 5.11 Å². The van der Waals surface area contributed by atoms with Crippen LogP contribution in [0.2, 0.25) is 0 Å². The Morgan fingerprint density at radius 1 is 1.50 bits per heavy atom. The Labute approximate surface area is 97.1 Å². The van der Waals surface area contributed by atoms with Crippen LogP contribution in [0, 0.1) is 0 Å². The predicted octanol–water partition coefficient (Wildman–Crippen LogP) is 2.21. The van der Waals surface area contributed by atoms with Crippen LogP contribution >= 0.6 is 0 Å². The van der Waals surface area contributed by atoms with Gasteiger partial charge in [-0.05, 0) is 26.8 Å². The SMILES string of the molecule is CC1CN(C(C)C)c2cccc(CO)c2N1. The molecule has 1 aliphatic rings. The van der Waals surface area contributed by atoms with E-state index in [9.17, 15) is 5.11 Å². The third kappa shape index (κ3) is 1.87. The Morgan fingerprint density at radius 2 is 2.25 bits per heavy atom. The zero-order valence-corrected chi connectivity index (χ0v) is 10.2. The fraction of sp³-hybridized carbons (Fsp3) is 0.538. The van der Waals surface area contributed by atoms with E-state index in [0.717, 1.165) is 17.8 Å². The van der Waals surface area contributed by atoms with Gasteiger partial charge in [-0.15, -0.1) is 0 Å². The van der Waals surface area contributed by atoms with Crippen molar-refractivity contribution in [1.29, 1.82) is 0 Å². The van der Waals surface area contributed by atoms with Gasteiger partial charge in [0.2, 0.25) is 0 Å². The van der Waals surface area contributed by atoms with Crippen LogP contribution in [0.25, 0.3) is 0 Å². The van der Waals surface area contributed by atoms with E-state index in [0.29, 0.717) is 12.1 Å². The molecular weight excluding hydrogens is 200 g/mol. The summed E-state index contributed by atoms with van der Waals surface area (Å²) in [4.78, 5) is 2.38. The molecule has 1 aromatic rings. The van der Waals surface area contributed by atoms with Gasteiger partial charge in [0.1, 0.15) is 0 Å². The first-order chi connectivity index (χ1) is 7.63. The molecule has 0 spiro atoms. The highest BCUT2D eigenvalue weighted by molar-refractivity contribution is 5.76. The van der Waals surface area contributed by atoms with Gasteiger partial charge >= 0.3 is 0 Å². The number of rotatable bonds is 2. The minimum absolute atomic E-state index is 0.0921. The summed E-state index contributed by atoms with van der Waals surface area (Å²) in [7, 11) is 0. The van der Waals surface area contributed by atoms with Crippen LogP contribution in [0.5, 0.6) is 0 Å². The number of aliphatic hydroxyl groups is 1. The van der Waals surface area contributed by atoms with Gasteiger partial charge in [-0.3, -0.25) is 0 Å². The highest BCUT2D eigenvalue weighted by Crippen LogP contribution is 2.35. The number of fused-ring (bicyclic) bond motifs is 1. The first kappa shape index (κ1) is 11.3. The van der Waals surface area contributed by atoms with E-state index in [1.54, 1.807) is 0 Å². The lowest BCUT2D eigenvalue weighted by Crippen LogP contribution is -2.43. The normalized spacial score (nSPS) is 19.6. The summed E-state index contributed by atoms with van der Waals surface area (Å²) in [5.74, 6) is 0. The third-order valence-electron chi connectivity index (χ3n) is 3.09. The highest BCUT2D eigenvalue weighted by Gasteiger charge is 2.24. The molecule has 1 heterocycles. The fourth-order valence-corrected chi connectivity index (χ4v) is 2.30. The van der Waals surface area contributed by atoms with E-state index in [2.05, 4.69) is 37.1 Å². The molecule has 88 valence electrons. The summed E-state index contributed by atoms with van der Waals surface area (Å²) >= 11 is 0. The van der Waals surface area contributed by atoms with Gasteiger partial charge in [-0.25, -0.2) is 0 Å². The zero-order valence-electron chi connectivity index (χ0n) is 10.2. The number of anilines is 2. The molecule has 0 saturated carbocycles. The van der Waals surface area contributed by atoms with E-state index < -0.39 is 0 Å². The van der Waals surface area contributed by atoms with Gasteiger partial charge in [-0.1, -0.05) is 12.1 Å². The van der Waals surface area contributed by atoms with Gasteiger partial charge < -0.3 is 15.3 Å².